The Hall–Kier alpha value is -0.680. The summed E-state index contributed by atoms with van der Waals surface area (Å²) in [5.74, 6) is 0.767. The van der Waals surface area contributed by atoms with Gasteiger partial charge in [0, 0.05) is 5.75 Å². The van der Waals surface area contributed by atoms with Gasteiger partial charge in [-0.3, -0.25) is 0 Å². The first kappa shape index (κ1) is 11.4. The number of rotatable bonds is 4. The molecule has 0 aliphatic heterocycles. The molecule has 1 rings (SSSR count). The second-order valence-electron chi connectivity index (χ2n) is 2.77. The molecule has 0 saturated heterocycles. The second kappa shape index (κ2) is 4.70. The van der Waals surface area contributed by atoms with Crippen molar-refractivity contribution < 1.29 is 13.5 Å². The van der Waals surface area contributed by atoms with Crippen molar-refractivity contribution in [2.45, 2.75) is 12.7 Å². The lowest BCUT2D eigenvalue weighted by Gasteiger charge is -2.01. The van der Waals surface area contributed by atoms with Crippen LogP contribution in [0.25, 0.3) is 0 Å². The Labute approximate surface area is 87.5 Å². The summed E-state index contributed by atoms with van der Waals surface area (Å²) in [5.41, 5.74) is 0.893. The van der Waals surface area contributed by atoms with Gasteiger partial charge >= 0.3 is 0 Å². The van der Waals surface area contributed by atoms with E-state index < -0.39 is 8.87 Å². The number of phenolic OH excluding ortho intramolecular Hbond substituents is 1. The van der Waals surface area contributed by atoms with Gasteiger partial charge < -0.3 is 5.11 Å². The van der Waals surface area contributed by atoms with Crippen LogP contribution in [0.2, 0.25) is 0 Å². The van der Waals surface area contributed by atoms with Crippen molar-refractivity contribution in [1.82, 2.24) is 0 Å². The minimum Gasteiger partial charge on any atom is -0.508 e. The summed E-state index contributed by atoms with van der Waals surface area (Å²) in [6.07, 6.45) is 0. The average molecular weight is 232 g/mol. The molecule has 78 valence electrons. The Morgan fingerprint density at radius 3 is 2.36 bits per heavy atom. The van der Waals surface area contributed by atoms with Gasteiger partial charge in [0.15, 0.2) is 0 Å². The van der Waals surface area contributed by atoms with E-state index in [4.69, 9.17) is 5.11 Å². The third-order valence-electron chi connectivity index (χ3n) is 1.70. The molecule has 0 aliphatic carbocycles. The fourth-order valence-corrected chi connectivity index (χ4v) is 2.96. The number of aromatic hydroxyl groups is 1. The Morgan fingerprint density at radius 1 is 1.29 bits per heavy atom. The fourth-order valence-electron chi connectivity index (χ4n) is 0.833. The van der Waals surface area contributed by atoms with E-state index in [1.54, 1.807) is 31.2 Å². The molecule has 1 N–H and O–H groups in total. The van der Waals surface area contributed by atoms with Gasteiger partial charge in [0.2, 0.25) is 8.87 Å². The average Bonchev–Trinajstić information content (AvgIpc) is 2.17. The van der Waals surface area contributed by atoms with Crippen molar-refractivity contribution in [1.29, 1.82) is 0 Å². The molecule has 0 spiro atoms. The fraction of sp³-hybridized carbons (Fsp3) is 0.333. The van der Waals surface area contributed by atoms with Crippen LogP contribution in [0.1, 0.15) is 12.5 Å². The highest BCUT2D eigenvalue weighted by atomic mass is 33.1. The largest absolute Gasteiger partial charge is 0.508 e. The van der Waals surface area contributed by atoms with Crippen LogP contribution in [0.3, 0.4) is 0 Å². The summed E-state index contributed by atoms with van der Waals surface area (Å²) >= 11 is 0. The van der Waals surface area contributed by atoms with Crippen molar-refractivity contribution in [3.63, 3.8) is 0 Å². The van der Waals surface area contributed by atoms with Crippen LogP contribution in [-0.2, 0) is 14.6 Å². The van der Waals surface area contributed by atoms with Gasteiger partial charge in [-0.15, -0.1) is 0 Å². The van der Waals surface area contributed by atoms with E-state index in [0.29, 0.717) is 5.75 Å². The predicted molar refractivity (Wildman–Crippen MR) is 58.9 cm³/mol. The summed E-state index contributed by atoms with van der Waals surface area (Å²) < 4.78 is 22.3. The maximum absolute atomic E-state index is 11.2. The van der Waals surface area contributed by atoms with E-state index in [-0.39, 0.29) is 11.5 Å². The molecule has 14 heavy (non-hydrogen) atoms. The Balaban J connectivity index is 2.59. The van der Waals surface area contributed by atoms with Gasteiger partial charge in [-0.25, -0.2) is 8.42 Å². The SMILES string of the molecule is CCS(=O)(=O)SCc1ccc(O)cc1. The number of hydrogen-bond donors (Lipinski definition) is 1. The van der Waals surface area contributed by atoms with Gasteiger partial charge in [0.25, 0.3) is 0 Å². The summed E-state index contributed by atoms with van der Waals surface area (Å²) in [5, 5.41) is 9.01. The van der Waals surface area contributed by atoms with Gasteiger partial charge in [-0.2, -0.15) is 0 Å². The molecule has 0 fully saturated rings. The van der Waals surface area contributed by atoms with E-state index in [1.165, 1.54) is 0 Å². The highest BCUT2D eigenvalue weighted by Crippen LogP contribution is 2.20. The third-order valence-corrected chi connectivity index (χ3v) is 5.35. The first-order valence-corrected chi connectivity index (χ1v) is 7.34. The summed E-state index contributed by atoms with van der Waals surface area (Å²) in [7, 11) is -2.05. The molecule has 1 aromatic rings. The molecule has 0 radical (unpaired) electrons. The van der Waals surface area contributed by atoms with Gasteiger partial charge in [0.1, 0.15) is 5.75 Å². The molecule has 0 aliphatic rings. The van der Waals surface area contributed by atoms with E-state index in [0.717, 1.165) is 16.4 Å². The Morgan fingerprint density at radius 2 is 1.86 bits per heavy atom. The predicted octanol–water partition coefficient (Wildman–Crippen LogP) is 1.98. The second-order valence-corrected chi connectivity index (χ2v) is 7.22. The number of hydrogen-bond acceptors (Lipinski definition) is 4. The normalized spacial score (nSPS) is 11.5. The van der Waals surface area contributed by atoms with E-state index in [1.807, 2.05) is 0 Å². The zero-order valence-electron chi connectivity index (χ0n) is 7.80. The van der Waals surface area contributed by atoms with Crippen LogP contribution in [0, 0.1) is 0 Å². The zero-order chi connectivity index (χ0) is 10.6. The van der Waals surface area contributed by atoms with Crippen LogP contribution in [0.4, 0.5) is 0 Å². The van der Waals surface area contributed by atoms with Gasteiger partial charge in [-0.1, -0.05) is 19.1 Å². The highest BCUT2D eigenvalue weighted by Gasteiger charge is 2.07. The van der Waals surface area contributed by atoms with Crippen molar-refractivity contribution in [3.05, 3.63) is 29.8 Å². The third kappa shape index (κ3) is 3.59. The lowest BCUT2D eigenvalue weighted by Crippen LogP contribution is -1.96. The standard InChI is InChI=1S/C9H12O3S2/c1-2-14(11,12)13-7-8-3-5-9(10)6-4-8/h3-6,10H,2,7H2,1H3. The quantitative estimate of drug-likeness (QED) is 0.806. The van der Waals surface area contributed by atoms with E-state index in [2.05, 4.69) is 0 Å². The molecule has 0 atom stereocenters. The zero-order valence-corrected chi connectivity index (χ0v) is 9.44. The summed E-state index contributed by atoms with van der Waals surface area (Å²) in [6, 6.07) is 6.53. The minimum atomic E-state index is -2.97. The molecule has 3 nitrogen and oxygen atoms in total. The number of benzene rings is 1. The maximum atomic E-state index is 11.2. The molecular weight excluding hydrogens is 220 g/mol. The van der Waals surface area contributed by atoms with Crippen LogP contribution >= 0.6 is 10.8 Å². The van der Waals surface area contributed by atoms with Crippen LogP contribution in [-0.4, -0.2) is 19.3 Å². The molecule has 0 aromatic heterocycles. The molecule has 0 unspecified atom stereocenters. The molecule has 0 saturated carbocycles. The summed E-state index contributed by atoms with van der Waals surface area (Å²) in [6.45, 7) is 1.62. The number of phenols is 1. The van der Waals surface area contributed by atoms with Gasteiger partial charge in [-0.05, 0) is 28.5 Å². The van der Waals surface area contributed by atoms with Crippen molar-refractivity contribution in [2.75, 3.05) is 5.75 Å². The topological polar surface area (TPSA) is 54.4 Å². The first-order chi connectivity index (χ1) is 6.53. The minimum absolute atomic E-state index is 0.149. The van der Waals surface area contributed by atoms with Crippen LogP contribution < -0.4 is 0 Å². The van der Waals surface area contributed by atoms with E-state index >= 15 is 0 Å². The molecule has 0 heterocycles. The summed E-state index contributed by atoms with van der Waals surface area (Å²) in [4.78, 5) is 0. The molecule has 0 bridgehead atoms. The highest BCUT2D eigenvalue weighted by molar-refractivity contribution is 8.71. The van der Waals surface area contributed by atoms with Crippen molar-refractivity contribution in [3.8, 4) is 5.75 Å². The molecular formula is C9H12O3S2. The molecule has 0 amide bonds. The first-order valence-electron chi connectivity index (χ1n) is 4.18. The maximum Gasteiger partial charge on any atom is 0.201 e. The Bertz CT molecular complexity index is 381. The van der Waals surface area contributed by atoms with E-state index in [9.17, 15) is 8.42 Å². The lowest BCUT2D eigenvalue weighted by molar-refractivity contribution is 0.475. The molecule has 5 heteroatoms. The van der Waals surface area contributed by atoms with Crippen LogP contribution in [0.5, 0.6) is 5.75 Å². The molecule has 1 aromatic carbocycles. The lowest BCUT2D eigenvalue weighted by atomic mass is 10.2. The van der Waals surface area contributed by atoms with Crippen molar-refractivity contribution >= 4 is 19.7 Å². The van der Waals surface area contributed by atoms with Gasteiger partial charge in [0.05, 0.1) is 5.75 Å². The smallest absolute Gasteiger partial charge is 0.201 e. The van der Waals surface area contributed by atoms with Crippen molar-refractivity contribution in [2.24, 2.45) is 0 Å². The Kier molecular flexibility index (Phi) is 3.83. The monoisotopic (exact) mass is 232 g/mol. The van der Waals surface area contributed by atoms with Crippen LogP contribution in [0.15, 0.2) is 24.3 Å².